The Morgan fingerprint density at radius 2 is 2.04 bits per heavy atom. The number of amides is 1. The first-order valence-corrected chi connectivity index (χ1v) is 8.18. The third-order valence-corrected chi connectivity index (χ3v) is 4.56. The van der Waals surface area contributed by atoms with E-state index in [1.54, 1.807) is 4.90 Å². The van der Waals surface area contributed by atoms with Crippen LogP contribution < -0.4 is 0 Å². The fraction of sp³-hybridized carbons (Fsp3) is 0.444. The molecule has 1 aromatic carbocycles. The Balaban J connectivity index is 1.65. The van der Waals surface area contributed by atoms with Crippen LogP contribution in [0.5, 0.6) is 0 Å². The molecule has 2 aromatic rings. The van der Waals surface area contributed by atoms with Gasteiger partial charge in [-0.3, -0.25) is 9.89 Å². The molecule has 122 valence electrons. The first-order chi connectivity index (χ1) is 11.1. The van der Waals surface area contributed by atoms with E-state index in [9.17, 15) is 9.90 Å². The van der Waals surface area contributed by atoms with Crippen molar-refractivity contribution in [2.24, 2.45) is 0 Å². The number of rotatable bonds is 4. The van der Waals surface area contributed by atoms with Gasteiger partial charge in [-0.15, -0.1) is 0 Å². The number of carbonyl (C=O) groups excluding carboxylic acids is 1. The van der Waals surface area contributed by atoms with Crippen LogP contribution in [0.1, 0.15) is 42.5 Å². The van der Waals surface area contributed by atoms with Gasteiger partial charge in [-0.1, -0.05) is 30.3 Å². The first-order valence-electron chi connectivity index (χ1n) is 8.18. The summed E-state index contributed by atoms with van der Waals surface area (Å²) in [5.41, 5.74) is 3.70. The normalized spacial score (nSPS) is 17.2. The number of aromatic amines is 1. The summed E-state index contributed by atoms with van der Waals surface area (Å²) in [4.78, 5) is 13.6. The van der Waals surface area contributed by atoms with Gasteiger partial charge >= 0.3 is 0 Å². The van der Waals surface area contributed by atoms with Crippen LogP contribution in [-0.4, -0.2) is 45.3 Å². The zero-order valence-corrected chi connectivity index (χ0v) is 13.4. The van der Waals surface area contributed by atoms with E-state index < -0.39 is 6.10 Å². The van der Waals surface area contributed by atoms with Crippen molar-refractivity contribution in [2.75, 3.05) is 13.1 Å². The largest absolute Gasteiger partial charge is 0.384 e. The number of hydrogen-bond donors (Lipinski definition) is 2. The van der Waals surface area contributed by atoms with Crippen LogP contribution in [0, 0.1) is 0 Å². The number of likely N-dealkylation sites (tertiary alicyclic amines) is 1. The smallest absolute Gasteiger partial charge is 0.251 e. The first kappa shape index (κ1) is 15.7. The predicted molar refractivity (Wildman–Crippen MR) is 88.1 cm³/mol. The molecule has 1 amide bonds. The van der Waals surface area contributed by atoms with Gasteiger partial charge in [0.1, 0.15) is 6.10 Å². The number of piperidine rings is 1. The van der Waals surface area contributed by atoms with Gasteiger partial charge in [-0.25, -0.2) is 0 Å². The second-order valence-corrected chi connectivity index (χ2v) is 6.25. The minimum absolute atomic E-state index is 0.169. The molecule has 0 saturated carbocycles. The van der Waals surface area contributed by atoms with Crippen LogP contribution in [0.2, 0.25) is 0 Å². The fourth-order valence-electron chi connectivity index (χ4n) is 3.28. The monoisotopic (exact) mass is 313 g/mol. The maximum atomic E-state index is 11.9. The van der Waals surface area contributed by atoms with Gasteiger partial charge in [-0.2, -0.15) is 5.10 Å². The van der Waals surface area contributed by atoms with E-state index in [1.165, 1.54) is 23.7 Å². The molecule has 0 radical (unpaired) electrons. The lowest BCUT2D eigenvalue weighted by Gasteiger charge is -2.32. The molecule has 0 spiro atoms. The van der Waals surface area contributed by atoms with Crippen LogP contribution in [0.4, 0.5) is 0 Å². The number of H-pyrrole nitrogens is 1. The van der Waals surface area contributed by atoms with Crippen molar-refractivity contribution < 1.29 is 9.90 Å². The highest BCUT2D eigenvalue weighted by molar-refractivity contribution is 5.80. The maximum absolute atomic E-state index is 11.9. The highest BCUT2D eigenvalue weighted by atomic mass is 16.3. The van der Waals surface area contributed by atoms with Crippen molar-refractivity contribution in [1.82, 2.24) is 15.1 Å². The van der Waals surface area contributed by atoms with Gasteiger partial charge in [0, 0.05) is 31.1 Å². The molecule has 1 aromatic heterocycles. The van der Waals surface area contributed by atoms with Gasteiger partial charge in [0.25, 0.3) is 5.91 Å². The molecule has 5 nitrogen and oxygen atoms in total. The summed E-state index contributed by atoms with van der Waals surface area (Å²) >= 11 is 0. The van der Waals surface area contributed by atoms with E-state index in [-0.39, 0.29) is 5.91 Å². The number of carbonyl (C=O) groups is 1. The van der Waals surface area contributed by atoms with Crippen LogP contribution >= 0.6 is 0 Å². The lowest BCUT2D eigenvalue weighted by Crippen LogP contribution is -2.42. The van der Waals surface area contributed by atoms with Crippen molar-refractivity contribution in [3.8, 4) is 0 Å². The lowest BCUT2D eigenvalue weighted by molar-refractivity contribution is -0.140. The van der Waals surface area contributed by atoms with Crippen LogP contribution in [-0.2, 0) is 11.2 Å². The van der Waals surface area contributed by atoms with Gasteiger partial charge in [0.15, 0.2) is 0 Å². The number of aromatic nitrogens is 2. The SMILES string of the molecule is C[C@@H](O)C(=O)N1CCC(c2[nH]ncc2Cc2ccccc2)CC1. The Labute approximate surface area is 136 Å². The topological polar surface area (TPSA) is 69.2 Å². The van der Waals surface area contributed by atoms with Crippen molar-refractivity contribution in [3.63, 3.8) is 0 Å². The molecule has 5 heteroatoms. The number of benzene rings is 1. The van der Waals surface area contributed by atoms with Gasteiger partial charge in [0.2, 0.25) is 0 Å². The van der Waals surface area contributed by atoms with E-state index in [0.29, 0.717) is 19.0 Å². The molecule has 1 aliphatic rings. The van der Waals surface area contributed by atoms with Gasteiger partial charge < -0.3 is 10.0 Å². The number of nitrogens with zero attached hydrogens (tertiary/aromatic N) is 2. The Hall–Kier alpha value is -2.14. The summed E-state index contributed by atoms with van der Waals surface area (Å²) < 4.78 is 0. The fourth-order valence-corrected chi connectivity index (χ4v) is 3.28. The second kappa shape index (κ2) is 6.96. The van der Waals surface area contributed by atoms with Gasteiger partial charge in [-0.05, 0) is 30.9 Å². The molecular weight excluding hydrogens is 290 g/mol. The number of nitrogens with one attached hydrogen (secondary N) is 1. The minimum Gasteiger partial charge on any atom is -0.384 e. The maximum Gasteiger partial charge on any atom is 0.251 e. The average Bonchev–Trinajstić information content (AvgIpc) is 3.03. The molecule has 3 rings (SSSR count). The Morgan fingerprint density at radius 1 is 1.35 bits per heavy atom. The molecule has 1 fully saturated rings. The van der Waals surface area contributed by atoms with E-state index in [4.69, 9.17) is 0 Å². The molecule has 0 aliphatic carbocycles. The standard InChI is InChI=1S/C18H23N3O2/c1-13(22)18(23)21-9-7-15(8-10-21)17-16(12-19-20-17)11-14-5-3-2-4-6-14/h2-6,12-13,15,22H,7-11H2,1H3,(H,19,20)/t13-/m1/s1. The average molecular weight is 313 g/mol. The van der Waals surface area contributed by atoms with Gasteiger partial charge in [0.05, 0.1) is 6.20 Å². The van der Waals surface area contributed by atoms with Crippen LogP contribution in [0.3, 0.4) is 0 Å². The van der Waals surface area contributed by atoms with Crippen molar-refractivity contribution in [2.45, 2.75) is 38.2 Å². The Bertz CT molecular complexity index is 643. The van der Waals surface area contributed by atoms with E-state index in [1.807, 2.05) is 12.3 Å². The minimum atomic E-state index is -0.910. The highest BCUT2D eigenvalue weighted by Crippen LogP contribution is 2.30. The quantitative estimate of drug-likeness (QED) is 0.908. The van der Waals surface area contributed by atoms with Crippen molar-refractivity contribution in [1.29, 1.82) is 0 Å². The molecular formula is C18H23N3O2. The Kier molecular flexibility index (Phi) is 4.76. The third kappa shape index (κ3) is 3.62. The summed E-state index contributed by atoms with van der Waals surface area (Å²) in [6, 6.07) is 10.4. The molecule has 2 heterocycles. The molecule has 0 bridgehead atoms. The molecule has 1 atom stereocenters. The number of aliphatic hydroxyl groups excluding tert-OH is 1. The van der Waals surface area contributed by atoms with Crippen molar-refractivity contribution >= 4 is 5.91 Å². The Morgan fingerprint density at radius 3 is 2.70 bits per heavy atom. The van der Waals surface area contributed by atoms with E-state index >= 15 is 0 Å². The van der Waals surface area contributed by atoms with Crippen LogP contribution in [0.15, 0.2) is 36.5 Å². The molecule has 1 saturated heterocycles. The summed E-state index contributed by atoms with van der Waals surface area (Å²) in [5.74, 6) is 0.229. The lowest BCUT2D eigenvalue weighted by atomic mass is 9.89. The highest BCUT2D eigenvalue weighted by Gasteiger charge is 2.27. The summed E-state index contributed by atoms with van der Waals surface area (Å²) in [6.07, 6.45) is 3.69. The predicted octanol–water partition coefficient (Wildman–Crippen LogP) is 2.09. The summed E-state index contributed by atoms with van der Waals surface area (Å²) in [7, 11) is 0. The number of hydrogen-bond acceptors (Lipinski definition) is 3. The summed E-state index contributed by atoms with van der Waals surface area (Å²) in [6.45, 7) is 2.91. The van der Waals surface area contributed by atoms with Crippen molar-refractivity contribution in [3.05, 3.63) is 53.3 Å². The molecule has 23 heavy (non-hydrogen) atoms. The molecule has 0 unspecified atom stereocenters. The summed E-state index contributed by atoms with van der Waals surface area (Å²) in [5, 5.41) is 16.8. The zero-order chi connectivity index (χ0) is 16.2. The third-order valence-electron chi connectivity index (χ3n) is 4.56. The van der Waals surface area contributed by atoms with Crippen LogP contribution in [0.25, 0.3) is 0 Å². The van der Waals surface area contributed by atoms with E-state index in [2.05, 4.69) is 34.5 Å². The molecule has 2 N–H and O–H groups in total. The second-order valence-electron chi connectivity index (χ2n) is 6.25. The zero-order valence-electron chi connectivity index (χ0n) is 13.4. The van der Waals surface area contributed by atoms with E-state index in [0.717, 1.165) is 19.3 Å². The number of aliphatic hydroxyl groups is 1. The molecule has 1 aliphatic heterocycles.